The van der Waals surface area contributed by atoms with Gasteiger partial charge in [0.2, 0.25) is 11.6 Å². The molecule has 0 radical (unpaired) electrons. The lowest BCUT2D eigenvalue weighted by atomic mass is 10.2. The van der Waals surface area contributed by atoms with Gasteiger partial charge in [0.15, 0.2) is 0 Å². The average molecular weight is 210 g/mol. The molecule has 0 rings (SSSR count). The van der Waals surface area contributed by atoms with Gasteiger partial charge in [-0.2, -0.15) is 0 Å². The number of carbonyl (C=O) groups is 2. The predicted molar refractivity (Wildman–Crippen MR) is 42.9 cm³/mol. The largest absolute Gasteiger partial charge is 0.470 e. The first-order valence-electron chi connectivity index (χ1n) is 3.63. The molecule has 0 aromatic carbocycles. The van der Waals surface area contributed by atoms with E-state index in [1.807, 2.05) is 0 Å². The van der Waals surface area contributed by atoms with Gasteiger partial charge >= 0.3 is 7.82 Å². The third kappa shape index (κ3) is 6.60. The Hall–Kier alpha value is -0.550. The molecule has 0 heterocycles. The number of carbonyl (C=O) groups excluding carboxylic acids is 2. The minimum Gasteiger partial charge on any atom is -0.303 e. The lowest BCUT2D eigenvalue weighted by Crippen LogP contribution is -2.18. The van der Waals surface area contributed by atoms with Gasteiger partial charge in [-0.25, -0.2) is 4.57 Å². The van der Waals surface area contributed by atoms with Crippen molar-refractivity contribution in [2.24, 2.45) is 0 Å². The van der Waals surface area contributed by atoms with Crippen LogP contribution in [0.1, 0.15) is 19.8 Å². The van der Waals surface area contributed by atoms with Crippen molar-refractivity contribution in [3.8, 4) is 0 Å². The summed E-state index contributed by atoms with van der Waals surface area (Å²) in [6.45, 7) is 0.859. The Bertz CT molecular complexity index is 242. The van der Waals surface area contributed by atoms with E-state index >= 15 is 0 Å². The SMILES string of the molecule is CCCC(=O)C(=O)COP(=O)(O)O. The van der Waals surface area contributed by atoms with Crippen LogP contribution in [-0.4, -0.2) is 28.0 Å². The van der Waals surface area contributed by atoms with Crippen molar-refractivity contribution in [3.05, 3.63) is 0 Å². The van der Waals surface area contributed by atoms with Crippen molar-refractivity contribution < 1.29 is 28.5 Å². The van der Waals surface area contributed by atoms with Gasteiger partial charge in [-0.05, 0) is 6.42 Å². The highest BCUT2D eigenvalue weighted by Crippen LogP contribution is 2.35. The van der Waals surface area contributed by atoms with E-state index in [0.29, 0.717) is 6.42 Å². The molecule has 2 N–H and O–H groups in total. The molecule has 0 aliphatic heterocycles. The molecule has 0 fully saturated rings. The van der Waals surface area contributed by atoms with Gasteiger partial charge < -0.3 is 9.79 Å². The maximum atomic E-state index is 10.8. The van der Waals surface area contributed by atoms with Crippen molar-refractivity contribution in [2.45, 2.75) is 19.8 Å². The molecule has 0 aliphatic rings. The zero-order chi connectivity index (χ0) is 10.5. The molecule has 0 aliphatic carbocycles. The molecule has 0 spiro atoms. The molecular formula is C6H11O6P. The van der Waals surface area contributed by atoms with Crippen LogP contribution in [0, 0.1) is 0 Å². The number of Topliss-reactive ketones (excluding diaryl/α,β-unsaturated/α-hetero) is 2. The fourth-order valence-electron chi connectivity index (χ4n) is 0.590. The molecule has 6 nitrogen and oxygen atoms in total. The van der Waals surface area contributed by atoms with Crippen LogP contribution in [0.4, 0.5) is 0 Å². The second-order valence-corrected chi connectivity index (χ2v) is 3.60. The second kappa shape index (κ2) is 5.24. The van der Waals surface area contributed by atoms with E-state index in [1.54, 1.807) is 6.92 Å². The van der Waals surface area contributed by atoms with Crippen LogP contribution in [0.2, 0.25) is 0 Å². The number of phosphoric ester groups is 1. The van der Waals surface area contributed by atoms with Crippen LogP contribution in [0.25, 0.3) is 0 Å². The quantitative estimate of drug-likeness (QED) is 0.474. The molecule has 0 saturated heterocycles. The van der Waals surface area contributed by atoms with E-state index in [9.17, 15) is 14.2 Å². The highest BCUT2D eigenvalue weighted by atomic mass is 31.2. The monoisotopic (exact) mass is 210 g/mol. The first-order chi connectivity index (χ1) is 5.87. The Kier molecular flexibility index (Phi) is 5.02. The van der Waals surface area contributed by atoms with Crippen LogP contribution in [-0.2, 0) is 18.7 Å². The van der Waals surface area contributed by atoms with Crippen molar-refractivity contribution in [3.63, 3.8) is 0 Å². The predicted octanol–water partition coefficient (Wildman–Crippen LogP) is 0.0340. The lowest BCUT2D eigenvalue weighted by Gasteiger charge is -2.02. The third-order valence-electron chi connectivity index (χ3n) is 1.15. The van der Waals surface area contributed by atoms with Gasteiger partial charge in [0, 0.05) is 6.42 Å². The fourth-order valence-corrected chi connectivity index (χ4v) is 0.875. The Balaban J connectivity index is 3.89. The average Bonchev–Trinajstić information content (AvgIpc) is 1.99. The van der Waals surface area contributed by atoms with Gasteiger partial charge in [0.25, 0.3) is 0 Å². The van der Waals surface area contributed by atoms with E-state index in [4.69, 9.17) is 9.79 Å². The van der Waals surface area contributed by atoms with Crippen molar-refractivity contribution in [1.82, 2.24) is 0 Å². The minimum atomic E-state index is -4.65. The summed E-state index contributed by atoms with van der Waals surface area (Å²) in [7, 11) is -4.65. The Morgan fingerprint density at radius 3 is 2.23 bits per heavy atom. The van der Waals surface area contributed by atoms with Crippen molar-refractivity contribution in [2.75, 3.05) is 6.61 Å². The fraction of sp³-hybridized carbons (Fsp3) is 0.667. The van der Waals surface area contributed by atoms with Gasteiger partial charge in [-0.3, -0.25) is 14.1 Å². The Labute approximate surface area is 75.1 Å². The highest BCUT2D eigenvalue weighted by molar-refractivity contribution is 7.46. The van der Waals surface area contributed by atoms with E-state index in [-0.39, 0.29) is 6.42 Å². The van der Waals surface area contributed by atoms with Gasteiger partial charge in [-0.15, -0.1) is 0 Å². The zero-order valence-corrected chi connectivity index (χ0v) is 7.99. The van der Waals surface area contributed by atoms with Crippen LogP contribution >= 0.6 is 7.82 Å². The van der Waals surface area contributed by atoms with Crippen LogP contribution in [0.5, 0.6) is 0 Å². The molecule has 76 valence electrons. The summed E-state index contributed by atoms with van der Waals surface area (Å²) in [4.78, 5) is 37.9. The molecule has 13 heavy (non-hydrogen) atoms. The first-order valence-corrected chi connectivity index (χ1v) is 5.16. The second-order valence-electron chi connectivity index (χ2n) is 2.36. The Morgan fingerprint density at radius 2 is 1.85 bits per heavy atom. The number of ketones is 2. The molecule has 0 aromatic rings. The number of hydrogen-bond acceptors (Lipinski definition) is 4. The highest BCUT2D eigenvalue weighted by Gasteiger charge is 2.19. The summed E-state index contributed by atoms with van der Waals surface area (Å²) in [5.41, 5.74) is 0. The van der Waals surface area contributed by atoms with E-state index < -0.39 is 26.0 Å². The topological polar surface area (TPSA) is 101 Å². The third-order valence-corrected chi connectivity index (χ3v) is 1.62. The molecule has 0 aromatic heterocycles. The van der Waals surface area contributed by atoms with Crippen molar-refractivity contribution in [1.29, 1.82) is 0 Å². The van der Waals surface area contributed by atoms with Gasteiger partial charge in [0.1, 0.15) is 6.61 Å². The number of rotatable bonds is 6. The van der Waals surface area contributed by atoms with Gasteiger partial charge in [-0.1, -0.05) is 6.92 Å². The lowest BCUT2D eigenvalue weighted by molar-refractivity contribution is -0.138. The Morgan fingerprint density at radius 1 is 1.31 bits per heavy atom. The van der Waals surface area contributed by atoms with E-state index in [1.165, 1.54) is 0 Å². The maximum absolute atomic E-state index is 10.8. The molecule has 0 unspecified atom stereocenters. The molecule has 0 saturated carbocycles. The summed E-state index contributed by atoms with van der Waals surface area (Å²) < 4.78 is 14.0. The number of hydrogen-bond donors (Lipinski definition) is 2. The van der Waals surface area contributed by atoms with Crippen LogP contribution in [0.3, 0.4) is 0 Å². The van der Waals surface area contributed by atoms with Crippen LogP contribution in [0.15, 0.2) is 0 Å². The smallest absolute Gasteiger partial charge is 0.303 e. The van der Waals surface area contributed by atoms with E-state index in [0.717, 1.165) is 0 Å². The summed E-state index contributed by atoms with van der Waals surface area (Å²) >= 11 is 0. The number of phosphoric acid groups is 1. The molecule has 7 heteroatoms. The summed E-state index contributed by atoms with van der Waals surface area (Å²) in [6, 6.07) is 0. The molecule has 0 amide bonds. The summed E-state index contributed by atoms with van der Waals surface area (Å²) in [6.07, 6.45) is 0.587. The summed E-state index contributed by atoms with van der Waals surface area (Å²) in [5.74, 6) is -1.58. The zero-order valence-electron chi connectivity index (χ0n) is 7.10. The van der Waals surface area contributed by atoms with Gasteiger partial charge in [0.05, 0.1) is 0 Å². The summed E-state index contributed by atoms with van der Waals surface area (Å²) in [5, 5.41) is 0. The molecular weight excluding hydrogens is 199 g/mol. The first kappa shape index (κ1) is 12.4. The van der Waals surface area contributed by atoms with E-state index in [2.05, 4.69) is 4.52 Å². The molecule has 0 bridgehead atoms. The molecule has 0 atom stereocenters. The van der Waals surface area contributed by atoms with Crippen molar-refractivity contribution >= 4 is 19.4 Å². The maximum Gasteiger partial charge on any atom is 0.470 e. The minimum absolute atomic E-state index is 0.0728. The normalized spacial score (nSPS) is 11.3. The van der Waals surface area contributed by atoms with Crippen LogP contribution < -0.4 is 0 Å². The standard InChI is InChI=1S/C6H11O6P/c1-2-3-5(7)6(8)4-12-13(9,10)11/h2-4H2,1H3,(H2,9,10,11).